The number of aryl methyl sites for hydroxylation is 1. The molecule has 27 heavy (non-hydrogen) atoms. The number of halogens is 5. The van der Waals surface area contributed by atoms with Crippen LogP contribution in [0.1, 0.15) is 30.9 Å². The highest BCUT2D eigenvalue weighted by atomic mass is 19.3. The van der Waals surface area contributed by atoms with E-state index in [0.717, 1.165) is 24.0 Å². The van der Waals surface area contributed by atoms with Gasteiger partial charge < -0.3 is 0 Å². The van der Waals surface area contributed by atoms with Crippen LogP contribution < -0.4 is 0 Å². The fraction of sp³-hybridized carbons (Fsp3) is 0.182. The maximum absolute atomic E-state index is 14.2. The molecule has 3 rings (SSSR count). The van der Waals surface area contributed by atoms with Crippen molar-refractivity contribution in [1.82, 2.24) is 0 Å². The van der Waals surface area contributed by atoms with Gasteiger partial charge in [0.15, 0.2) is 11.6 Å². The molecule has 0 saturated carbocycles. The van der Waals surface area contributed by atoms with E-state index in [1.54, 1.807) is 12.1 Å². The molecule has 0 saturated heterocycles. The quantitative estimate of drug-likeness (QED) is 0.323. The van der Waals surface area contributed by atoms with Crippen LogP contribution in [-0.4, -0.2) is 0 Å². The van der Waals surface area contributed by atoms with Gasteiger partial charge in [-0.3, -0.25) is 0 Å². The number of rotatable bonds is 5. The summed E-state index contributed by atoms with van der Waals surface area (Å²) in [6.45, 7) is 2.10. The van der Waals surface area contributed by atoms with Crippen molar-refractivity contribution in [3.63, 3.8) is 0 Å². The van der Waals surface area contributed by atoms with E-state index in [9.17, 15) is 22.0 Å². The smallest absolute Gasteiger partial charge is 0.206 e. The van der Waals surface area contributed by atoms with Gasteiger partial charge in [0.2, 0.25) is 0 Å². The minimum absolute atomic E-state index is 0.206. The molecule has 0 bridgehead atoms. The third-order valence-electron chi connectivity index (χ3n) is 4.43. The van der Waals surface area contributed by atoms with Crippen LogP contribution in [0.25, 0.3) is 22.3 Å². The summed E-state index contributed by atoms with van der Waals surface area (Å²) in [5.41, 5.74) is 1.31. The van der Waals surface area contributed by atoms with Crippen molar-refractivity contribution < 1.29 is 22.0 Å². The van der Waals surface area contributed by atoms with Gasteiger partial charge in [0.05, 0.1) is 5.56 Å². The molecule has 3 aromatic carbocycles. The lowest BCUT2D eigenvalue weighted by atomic mass is 9.97. The molecule has 0 aliphatic heterocycles. The molecule has 0 aromatic heterocycles. The van der Waals surface area contributed by atoms with Crippen molar-refractivity contribution in [3.05, 3.63) is 83.2 Å². The van der Waals surface area contributed by atoms with Crippen LogP contribution in [0.2, 0.25) is 0 Å². The average molecular weight is 376 g/mol. The summed E-state index contributed by atoms with van der Waals surface area (Å²) in [5, 5.41) is 0. The minimum atomic E-state index is -3.42. The molecule has 140 valence electrons. The van der Waals surface area contributed by atoms with E-state index in [0.29, 0.717) is 6.07 Å². The van der Waals surface area contributed by atoms with Gasteiger partial charge in [-0.2, -0.15) is 0 Å². The lowest BCUT2D eigenvalue weighted by molar-refractivity contribution is 0.139. The Morgan fingerprint density at radius 1 is 0.741 bits per heavy atom. The Hall–Kier alpha value is -2.69. The normalized spacial score (nSPS) is 11.2. The van der Waals surface area contributed by atoms with E-state index in [1.165, 1.54) is 17.7 Å². The van der Waals surface area contributed by atoms with Crippen molar-refractivity contribution in [2.24, 2.45) is 0 Å². The van der Waals surface area contributed by atoms with Crippen LogP contribution in [-0.2, 0) is 6.42 Å². The summed E-state index contributed by atoms with van der Waals surface area (Å²) in [5.74, 6) is -4.80. The molecule has 0 spiro atoms. The Morgan fingerprint density at radius 2 is 1.26 bits per heavy atom. The fourth-order valence-electron chi connectivity index (χ4n) is 3.01. The van der Waals surface area contributed by atoms with Gasteiger partial charge >= 0.3 is 0 Å². The number of hydrogen-bond donors (Lipinski definition) is 0. The van der Waals surface area contributed by atoms with Crippen molar-refractivity contribution in [2.45, 2.75) is 26.2 Å². The molecular weight excluding hydrogens is 359 g/mol. The van der Waals surface area contributed by atoms with Gasteiger partial charge in [-0.15, -0.1) is 0 Å². The van der Waals surface area contributed by atoms with Crippen molar-refractivity contribution in [2.75, 3.05) is 0 Å². The van der Waals surface area contributed by atoms with Crippen LogP contribution in [0.3, 0.4) is 0 Å². The highest BCUT2D eigenvalue weighted by Crippen LogP contribution is 2.34. The van der Waals surface area contributed by atoms with Gasteiger partial charge in [0.1, 0.15) is 5.82 Å². The second-order valence-electron chi connectivity index (χ2n) is 6.27. The Morgan fingerprint density at radius 3 is 1.78 bits per heavy atom. The second-order valence-corrected chi connectivity index (χ2v) is 6.27. The predicted octanol–water partition coefficient (Wildman–Crippen LogP) is 7.33. The Labute approximate surface area is 154 Å². The number of benzene rings is 3. The van der Waals surface area contributed by atoms with Crippen LogP contribution >= 0.6 is 0 Å². The van der Waals surface area contributed by atoms with Gasteiger partial charge in [-0.1, -0.05) is 61.9 Å². The van der Waals surface area contributed by atoms with E-state index in [2.05, 4.69) is 6.92 Å². The summed E-state index contributed by atoms with van der Waals surface area (Å²) in [6.07, 6.45) is -1.38. The molecule has 0 N–H and O–H groups in total. The van der Waals surface area contributed by atoms with E-state index in [1.807, 2.05) is 24.3 Å². The molecule has 0 unspecified atom stereocenters. The molecule has 0 aliphatic carbocycles. The average Bonchev–Trinajstić information content (AvgIpc) is 2.65. The summed E-state index contributed by atoms with van der Waals surface area (Å²) < 4.78 is 67.1. The van der Waals surface area contributed by atoms with E-state index < -0.39 is 29.4 Å². The third-order valence-corrected chi connectivity index (χ3v) is 4.43. The standard InChI is InChI=1S/C22H17F5/c1-2-3-13-4-6-14(7-5-13)15-8-10-16(11-9-15)17-12-18(23)19(22(26)27)21(25)20(17)24/h4-12,22H,2-3H2,1H3. The first-order chi connectivity index (χ1) is 12.9. The molecule has 0 atom stereocenters. The Kier molecular flexibility index (Phi) is 5.59. The zero-order valence-electron chi connectivity index (χ0n) is 14.6. The van der Waals surface area contributed by atoms with Gasteiger partial charge in [-0.25, -0.2) is 22.0 Å². The van der Waals surface area contributed by atoms with Gasteiger partial charge in [0.25, 0.3) is 6.43 Å². The Bertz CT molecular complexity index is 928. The van der Waals surface area contributed by atoms with Crippen LogP contribution in [0.5, 0.6) is 0 Å². The summed E-state index contributed by atoms with van der Waals surface area (Å²) in [7, 11) is 0. The first-order valence-electron chi connectivity index (χ1n) is 8.57. The lowest BCUT2D eigenvalue weighted by Crippen LogP contribution is -2.02. The third kappa shape index (κ3) is 3.87. The van der Waals surface area contributed by atoms with Gasteiger partial charge in [-0.05, 0) is 34.7 Å². The summed E-state index contributed by atoms with van der Waals surface area (Å²) in [6, 6.07) is 15.0. The molecule has 3 aromatic rings. The largest absolute Gasteiger partial charge is 0.269 e. The summed E-state index contributed by atoms with van der Waals surface area (Å²) in [4.78, 5) is 0. The molecular formula is C22H17F5. The Balaban J connectivity index is 1.94. The van der Waals surface area contributed by atoms with Crippen molar-refractivity contribution >= 4 is 0 Å². The highest BCUT2D eigenvalue weighted by molar-refractivity contribution is 5.71. The first kappa shape index (κ1) is 19.1. The van der Waals surface area contributed by atoms with Crippen LogP contribution in [0.4, 0.5) is 22.0 Å². The molecule has 0 amide bonds. The SMILES string of the molecule is CCCc1ccc(-c2ccc(-c3cc(F)c(C(F)F)c(F)c3F)cc2)cc1. The minimum Gasteiger partial charge on any atom is -0.206 e. The summed E-state index contributed by atoms with van der Waals surface area (Å²) >= 11 is 0. The maximum Gasteiger partial charge on any atom is 0.269 e. The maximum atomic E-state index is 14.2. The molecule has 0 nitrogen and oxygen atoms in total. The first-order valence-corrected chi connectivity index (χ1v) is 8.57. The van der Waals surface area contributed by atoms with Crippen LogP contribution in [0, 0.1) is 17.5 Å². The van der Waals surface area contributed by atoms with Gasteiger partial charge in [0, 0.05) is 5.56 Å². The molecule has 0 fully saturated rings. The molecule has 5 heteroatoms. The molecule has 0 aliphatic rings. The number of alkyl halides is 2. The zero-order valence-corrected chi connectivity index (χ0v) is 14.6. The monoisotopic (exact) mass is 376 g/mol. The molecule has 0 heterocycles. The second kappa shape index (κ2) is 7.91. The van der Waals surface area contributed by atoms with E-state index in [-0.39, 0.29) is 11.1 Å². The highest BCUT2D eigenvalue weighted by Gasteiger charge is 2.25. The number of hydrogen-bond acceptors (Lipinski definition) is 0. The van der Waals surface area contributed by atoms with Crippen molar-refractivity contribution in [1.29, 1.82) is 0 Å². The van der Waals surface area contributed by atoms with Crippen LogP contribution in [0.15, 0.2) is 54.6 Å². The van der Waals surface area contributed by atoms with Crippen molar-refractivity contribution in [3.8, 4) is 22.3 Å². The van der Waals surface area contributed by atoms with E-state index >= 15 is 0 Å². The topological polar surface area (TPSA) is 0 Å². The molecule has 0 radical (unpaired) electrons. The fourth-order valence-corrected chi connectivity index (χ4v) is 3.01. The zero-order chi connectivity index (χ0) is 19.6. The van der Waals surface area contributed by atoms with E-state index in [4.69, 9.17) is 0 Å². The predicted molar refractivity (Wildman–Crippen MR) is 96.1 cm³/mol. The lowest BCUT2D eigenvalue weighted by Gasteiger charge is -2.11.